The molecule has 6 aromatic rings. The minimum atomic E-state index is 0.508. The van der Waals surface area contributed by atoms with E-state index in [-0.39, 0.29) is 0 Å². The summed E-state index contributed by atoms with van der Waals surface area (Å²) in [4.78, 5) is 7.01. The highest BCUT2D eigenvalue weighted by Crippen LogP contribution is 2.46. The van der Waals surface area contributed by atoms with Gasteiger partial charge in [-0.05, 0) is 35.4 Å². The number of fused-ring (bicyclic) bond motifs is 2. The van der Waals surface area contributed by atoms with Gasteiger partial charge in [-0.3, -0.25) is 0 Å². The van der Waals surface area contributed by atoms with E-state index in [1.165, 1.54) is 0 Å². The van der Waals surface area contributed by atoms with E-state index in [0.29, 0.717) is 39.5 Å². The van der Waals surface area contributed by atoms with Crippen molar-refractivity contribution in [2.24, 2.45) is 0 Å². The summed E-state index contributed by atoms with van der Waals surface area (Å²) in [5.41, 5.74) is 7.84. The molecule has 0 atom stereocenters. The van der Waals surface area contributed by atoms with E-state index in [9.17, 15) is 0 Å². The Kier molecular flexibility index (Phi) is 7.20. The van der Waals surface area contributed by atoms with Crippen molar-refractivity contribution in [3.8, 4) is 45.3 Å². The molecule has 6 rings (SSSR count). The molecule has 2 N–H and O–H groups in total. The smallest absolute Gasteiger partial charge is 0.132 e. The number of hydrogen-bond donors (Lipinski definition) is 2. The molecule has 0 fully saturated rings. The van der Waals surface area contributed by atoms with Crippen LogP contribution in [-0.2, 0) is 6.42 Å². The highest BCUT2D eigenvalue weighted by atomic mass is 35.5. The van der Waals surface area contributed by atoms with Crippen LogP contribution in [0.2, 0.25) is 10.0 Å². The van der Waals surface area contributed by atoms with Gasteiger partial charge in [0.15, 0.2) is 0 Å². The summed E-state index contributed by atoms with van der Waals surface area (Å²) in [5.74, 6) is 2.83. The first kappa shape index (κ1) is 26.9. The van der Waals surface area contributed by atoms with Crippen LogP contribution in [0.3, 0.4) is 0 Å². The molecule has 8 heteroatoms. The Hall–Kier alpha value is -4.26. The Bertz CT molecular complexity index is 1740. The molecule has 0 unspecified atom stereocenters. The van der Waals surface area contributed by atoms with E-state index in [2.05, 4.69) is 9.97 Å². The molecule has 0 spiro atoms. The van der Waals surface area contributed by atoms with Crippen molar-refractivity contribution in [3.63, 3.8) is 0 Å². The fraction of sp³-hybridized carbons (Fsp3) is 0.152. The van der Waals surface area contributed by atoms with Gasteiger partial charge >= 0.3 is 0 Å². The van der Waals surface area contributed by atoms with Crippen molar-refractivity contribution in [2.75, 3.05) is 28.4 Å². The fourth-order valence-corrected chi connectivity index (χ4v) is 5.82. The number of rotatable bonds is 8. The van der Waals surface area contributed by atoms with E-state index < -0.39 is 0 Å². The predicted octanol–water partition coefficient (Wildman–Crippen LogP) is 8.92. The van der Waals surface area contributed by atoms with Crippen molar-refractivity contribution in [3.05, 3.63) is 94.2 Å². The van der Waals surface area contributed by atoms with Gasteiger partial charge in [-0.1, -0.05) is 47.5 Å². The summed E-state index contributed by atoms with van der Waals surface area (Å²) in [6.07, 6.45) is 4.50. The average Bonchev–Trinajstić information content (AvgIpc) is 3.64. The summed E-state index contributed by atoms with van der Waals surface area (Å²) in [6.45, 7) is 0. The van der Waals surface area contributed by atoms with Gasteiger partial charge in [-0.15, -0.1) is 0 Å². The summed E-state index contributed by atoms with van der Waals surface area (Å²) < 4.78 is 23.5. The number of aromatic amines is 2. The Labute approximate surface area is 247 Å². The molecule has 0 aliphatic heterocycles. The van der Waals surface area contributed by atoms with Crippen LogP contribution in [0.1, 0.15) is 11.1 Å². The van der Waals surface area contributed by atoms with Gasteiger partial charge in [-0.2, -0.15) is 0 Å². The fourth-order valence-electron chi connectivity index (χ4n) is 5.57. The predicted molar refractivity (Wildman–Crippen MR) is 167 cm³/mol. The third-order valence-electron chi connectivity index (χ3n) is 7.52. The zero-order valence-electron chi connectivity index (χ0n) is 23.0. The van der Waals surface area contributed by atoms with Crippen LogP contribution in [0, 0.1) is 0 Å². The number of hydrogen-bond acceptors (Lipinski definition) is 4. The minimum absolute atomic E-state index is 0.508. The maximum atomic E-state index is 6.17. The summed E-state index contributed by atoms with van der Waals surface area (Å²) >= 11 is 12.3. The van der Waals surface area contributed by atoms with Crippen molar-refractivity contribution in [1.82, 2.24) is 9.97 Å². The number of ether oxygens (including phenoxy) is 4. The summed E-state index contributed by atoms with van der Waals surface area (Å²) in [5, 5.41) is 3.29. The molecule has 0 aliphatic rings. The van der Waals surface area contributed by atoms with Crippen LogP contribution in [0.25, 0.3) is 44.1 Å². The molecule has 0 bridgehead atoms. The molecular weight excluding hydrogens is 559 g/mol. The average molecular weight is 588 g/mol. The highest BCUT2D eigenvalue weighted by Gasteiger charge is 2.24. The molecule has 6 nitrogen and oxygen atoms in total. The third kappa shape index (κ3) is 4.63. The topological polar surface area (TPSA) is 68.5 Å². The van der Waals surface area contributed by atoms with Gasteiger partial charge in [0.1, 0.15) is 23.0 Å². The van der Waals surface area contributed by atoms with Crippen LogP contribution < -0.4 is 18.9 Å². The molecule has 0 radical (unpaired) electrons. The van der Waals surface area contributed by atoms with Crippen molar-refractivity contribution in [1.29, 1.82) is 0 Å². The quantitative estimate of drug-likeness (QED) is 0.187. The first-order valence-electron chi connectivity index (χ1n) is 13.0. The largest absolute Gasteiger partial charge is 0.496 e. The highest BCUT2D eigenvalue weighted by molar-refractivity contribution is 6.31. The second-order valence-corrected chi connectivity index (χ2v) is 10.5. The number of halogens is 2. The lowest BCUT2D eigenvalue weighted by Crippen LogP contribution is -2.01. The summed E-state index contributed by atoms with van der Waals surface area (Å²) in [6, 6.07) is 19.4. The maximum absolute atomic E-state index is 6.17. The van der Waals surface area contributed by atoms with E-state index in [4.69, 9.17) is 42.1 Å². The normalized spacial score (nSPS) is 11.3. The molecule has 2 heterocycles. The lowest BCUT2D eigenvalue weighted by molar-refractivity contribution is 0.392. The monoisotopic (exact) mass is 586 g/mol. The zero-order valence-corrected chi connectivity index (χ0v) is 24.5. The molecule has 2 aromatic heterocycles. The number of nitrogens with one attached hydrogen (secondary N) is 2. The zero-order chi connectivity index (χ0) is 28.7. The van der Waals surface area contributed by atoms with E-state index >= 15 is 0 Å². The van der Waals surface area contributed by atoms with Crippen molar-refractivity contribution < 1.29 is 18.9 Å². The van der Waals surface area contributed by atoms with Crippen LogP contribution in [0.15, 0.2) is 73.1 Å². The van der Waals surface area contributed by atoms with Crippen molar-refractivity contribution >= 4 is 45.0 Å². The van der Waals surface area contributed by atoms with Crippen LogP contribution in [0.5, 0.6) is 23.0 Å². The van der Waals surface area contributed by atoms with Gasteiger partial charge in [0.2, 0.25) is 0 Å². The lowest BCUT2D eigenvalue weighted by Gasteiger charge is -2.17. The van der Waals surface area contributed by atoms with E-state index in [1.54, 1.807) is 28.4 Å². The van der Waals surface area contributed by atoms with Crippen LogP contribution >= 0.6 is 23.2 Å². The summed E-state index contributed by atoms with van der Waals surface area (Å²) in [7, 11) is 6.67. The number of methoxy groups -OCH3 is 4. The molecule has 208 valence electrons. The van der Waals surface area contributed by atoms with Gasteiger partial charge < -0.3 is 28.9 Å². The van der Waals surface area contributed by atoms with Crippen LogP contribution in [-0.4, -0.2) is 38.4 Å². The molecular formula is C33H28Cl2N2O4. The molecule has 0 amide bonds. The molecule has 0 saturated carbocycles. The second-order valence-electron chi connectivity index (χ2n) is 9.61. The van der Waals surface area contributed by atoms with Gasteiger partial charge in [0.05, 0.1) is 39.5 Å². The van der Waals surface area contributed by atoms with Gasteiger partial charge in [0.25, 0.3) is 0 Å². The van der Waals surface area contributed by atoms with Gasteiger partial charge in [0, 0.05) is 74.0 Å². The second kappa shape index (κ2) is 11.0. The minimum Gasteiger partial charge on any atom is -0.496 e. The maximum Gasteiger partial charge on any atom is 0.132 e. The first-order chi connectivity index (χ1) is 20.0. The Morgan fingerprint density at radius 1 is 0.537 bits per heavy atom. The Morgan fingerprint density at radius 3 is 1.24 bits per heavy atom. The standard InChI is InChI=1S/C33H28Cl2N2O4/c1-38-26-14-28(40-3)30-24(18-5-9-20(34)10-6-18)16-36-32(30)22(26)13-23-27(39-2)15-29(41-4)31-25(17-37-33(23)31)19-7-11-21(35)12-8-19/h5-12,14-17,36-37H,13H2,1-4H3. The first-order valence-corrected chi connectivity index (χ1v) is 13.7. The van der Waals surface area contributed by atoms with Crippen LogP contribution in [0.4, 0.5) is 0 Å². The lowest BCUT2D eigenvalue weighted by atomic mass is 9.95. The Morgan fingerprint density at radius 2 is 0.902 bits per heavy atom. The molecule has 0 aliphatic carbocycles. The third-order valence-corrected chi connectivity index (χ3v) is 8.02. The SMILES string of the molecule is COc1cc(OC)c2c(-c3ccc(Cl)cc3)c[nH]c2c1Cc1c(OC)cc(OC)c2c(-c3ccc(Cl)cc3)c[nH]c12. The van der Waals surface area contributed by atoms with E-state index in [0.717, 1.165) is 55.2 Å². The molecule has 41 heavy (non-hydrogen) atoms. The Balaban J connectivity index is 1.58. The number of aromatic nitrogens is 2. The van der Waals surface area contributed by atoms with Crippen molar-refractivity contribution in [2.45, 2.75) is 6.42 Å². The number of benzene rings is 4. The van der Waals surface area contributed by atoms with E-state index in [1.807, 2.05) is 73.1 Å². The molecule has 4 aromatic carbocycles. The molecule has 0 saturated heterocycles. The van der Waals surface area contributed by atoms with Gasteiger partial charge in [-0.25, -0.2) is 0 Å². The number of H-pyrrole nitrogens is 2.